The number of benzene rings is 1. The summed E-state index contributed by atoms with van der Waals surface area (Å²) in [5.41, 5.74) is 1.06. The zero-order valence-electron chi connectivity index (χ0n) is 9.08. The molecule has 0 amide bonds. The van der Waals surface area contributed by atoms with Gasteiger partial charge in [0, 0.05) is 24.0 Å². The molecule has 0 radical (unpaired) electrons. The van der Waals surface area contributed by atoms with Crippen molar-refractivity contribution in [3.63, 3.8) is 0 Å². The molecule has 17 heavy (non-hydrogen) atoms. The van der Waals surface area contributed by atoms with Crippen LogP contribution in [0.3, 0.4) is 0 Å². The van der Waals surface area contributed by atoms with Crippen LogP contribution in [0.2, 0.25) is 0 Å². The molecule has 84 valence electrons. The standard InChI is InChI=1S/C9H7N.C4H4N2O/c1-2-6-9-8(4-1)5-3-7-10-9;7-3-4-5-1-2-6-4/h1-7H;1-3H,(H,5,6). The summed E-state index contributed by atoms with van der Waals surface area (Å²) in [6, 6.07) is 12.1. The third kappa shape index (κ3) is 2.98. The molecule has 0 atom stereocenters. The van der Waals surface area contributed by atoms with Gasteiger partial charge in [-0.15, -0.1) is 0 Å². The first kappa shape index (κ1) is 11.0. The molecule has 0 fully saturated rings. The molecule has 0 spiro atoms. The Kier molecular flexibility index (Phi) is 3.60. The second kappa shape index (κ2) is 5.55. The number of carbonyl (C=O) groups is 1. The number of aldehydes is 1. The molecular formula is C13H11N3O. The van der Waals surface area contributed by atoms with E-state index in [1.807, 2.05) is 30.5 Å². The minimum Gasteiger partial charge on any atom is -0.342 e. The van der Waals surface area contributed by atoms with Crippen molar-refractivity contribution in [3.05, 3.63) is 60.8 Å². The van der Waals surface area contributed by atoms with Crippen molar-refractivity contribution < 1.29 is 4.79 Å². The number of nitrogens with zero attached hydrogens (tertiary/aromatic N) is 2. The van der Waals surface area contributed by atoms with Crippen molar-refractivity contribution in [1.82, 2.24) is 15.0 Å². The number of carbonyl (C=O) groups excluding carboxylic acids is 1. The lowest BCUT2D eigenvalue weighted by atomic mass is 10.2. The Hall–Kier alpha value is -2.49. The highest BCUT2D eigenvalue weighted by molar-refractivity contribution is 5.77. The highest BCUT2D eigenvalue weighted by Gasteiger charge is 1.86. The molecule has 3 aromatic rings. The lowest BCUT2D eigenvalue weighted by Crippen LogP contribution is -1.78. The summed E-state index contributed by atoms with van der Waals surface area (Å²) in [5, 5.41) is 1.20. The topological polar surface area (TPSA) is 58.6 Å². The Labute approximate surface area is 98.4 Å². The maximum Gasteiger partial charge on any atom is 0.185 e. The Morgan fingerprint density at radius 2 is 1.82 bits per heavy atom. The molecular weight excluding hydrogens is 214 g/mol. The number of aromatic nitrogens is 3. The predicted octanol–water partition coefficient (Wildman–Crippen LogP) is 2.46. The van der Waals surface area contributed by atoms with E-state index in [1.54, 1.807) is 6.20 Å². The molecule has 1 aromatic carbocycles. The zero-order valence-corrected chi connectivity index (χ0v) is 9.08. The summed E-state index contributed by atoms with van der Waals surface area (Å²) in [4.78, 5) is 20.2. The van der Waals surface area contributed by atoms with Gasteiger partial charge >= 0.3 is 0 Å². The van der Waals surface area contributed by atoms with E-state index >= 15 is 0 Å². The van der Waals surface area contributed by atoms with Crippen LogP contribution in [-0.4, -0.2) is 21.2 Å². The summed E-state index contributed by atoms with van der Waals surface area (Å²) in [6.45, 7) is 0. The molecule has 4 heteroatoms. The van der Waals surface area contributed by atoms with Crippen molar-refractivity contribution in [2.75, 3.05) is 0 Å². The van der Waals surface area contributed by atoms with E-state index in [2.05, 4.69) is 27.1 Å². The summed E-state index contributed by atoms with van der Waals surface area (Å²) in [7, 11) is 0. The van der Waals surface area contributed by atoms with Crippen molar-refractivity contribution in [2.45, 2.75) is 0 Å². The van der Waals surface area contributed by atoms with Crippen LogP contribution in [0, 0.1) is 0 Å². The number of nitrogens with one attached hydrogen (secondary N) is 1. The molecule has 0 aliphatic heterocycles. The Bertz CT molecular complexity index is 525. The number of pyridine rings is 1. The number of fused-ring (bicyclic) bond motifs is 1. The number of hydrogen-bond acceptors (Lipinski definition) is 3. The summed E-state index contributed by atoms with van der Waals surface area (Å²) >= 11 is 0. The van der Waals surface area contributed by atoms with Gasteiger partial charge in [0.15, 0.2) is 12.1 Å². The van der Waals surface area contributed by atoms with Crippen molar-refractivity contribution in [1.29, 1.82) is 0 Å². The monoisotopic (exact) mass is 225 g/mol. The van der Waals surface area contributed by atoms with Crippen LogP contribution in [0.4, 0.5) is 0 Å². The quantitative estimate of drug-likeness (QED) is 0.647. The molecule has 1 N–H and O–H groups in total. The minimum atomic E-state index is 0.375. The number of imidazole rings is 1. The second-order valence-electron chi connectivity index (χ2n) is 3.29. The van der Waals surface area contributed by atoms with Gasteiger partial charge in [0.1, 0.15) is 0 Å². The smallest absolute Gasteiger partial charge is 0.185 e. The van der Waals surface area contributed by atoms with E-state index in [0.717, 1.165) is 5.52 Å². The highest BCUT2D eigenvalue weighted by atomic mass is 16.1. The Morgan fingerprint density at radius 3 is 2.47 bits per heavy atom. The fourth-order valence-electron chi connectivity index (χ4n) is 1.36. The van der Waals surface area contributed by atoms with E-state index in [9.17, 15) is 4.79 Å². The largest absolute Gasteiger partial charge is 0.342 e. The lowest BCUT2D eigenvalue weighted by Gasteiger charge is -1.91. The molecule has 0 bridgehead atoms. The average molecular weight is 225 g/mol. The van der Waals surface area contributed by atoms with Crippen LogP contribution in [0.15, 0.2) is 55.0 Å². The molecule has 4 nitrogen and oxygen atoms in total. The SMILES string of the molecule is O=Cc1ncc[nH]1.c1ccc2ncccc2c1. The van der Waals surface area contributed by atoms with Gasteiger partial charge in [0.2, 0.25) is 0 Å². The number of hydrogen-bond donors (Lipinski definition) is 1. The van der Waals surface area contributed by atoms with Crippen LogP contribution in [-0.2, 0) is 0 Å². The molecule has 3 rings (SSSR count). The number of aromatic amines is 1. The van der Waals surface area contributed by atoms with E-state index in [-0.39, 0.29) is 0 Å². The molecule has 0 saturated carbocycles. The van der Waals surface area contributed by atoms with E-state index in [4.69, 9.17) is 0 Å². The average Bonchev–Trinajstić information content (AvgIpc) is 2.93. The number of para-hydroxylation sites is 1. The second-order valence-corrected chi connectivity index (χ2v) is 3.29. The third-order valence-electron chi connectivity index (χ3n) is 2.14. The van der Waals surface area contributed by atoms with Crippen LogP contribution in [0.1, 0.15) is 10.6 Å². The summed E-state index contributed by atoms with van der Waals surface area (Å²) in [5.74, 6) is 0.375. The molecule has 0 saturated heterocycles. The fourth-order valence-corrected chi connectivity index (χ4v) is 1.36. The Morgan fingerprint density at radius 1 is 1.00 bits per heavy atom. The number of H-pyrrole nitrogens is 1. The van der Waals surface area contributed by atoms with E-state index in [1.165, 1.54) is 11.6 Å². The summed E-state index contributed by atoms with van der Waals surface area (Å²) < 4.78 is 0. The van der Waals surface area contributed by atoms with Gasteiger partial charge in [-0.3, -0.25) is 9.78 Å². The first-order valence-corrected chi connectivity index (χ1v) is 5.14. The maximum absolute atomic E-state index is 9.77. The van der Waals surface area contributed by atoms with Gasteiger partial charge in [-0.05, 0) is 12.1 Å². The Balaban J connectivity index is 0.000000136. The first-order valence-electron chi connectivity index (χ1n) is 5.14. The molecule has 2 heterocycles. The zero-order chi connectivity index (χ0) is 11.9. The van der Waals surface area contributed by atoms with Crippen LogP contribution in [0.5, 0.6) is 0 Å². The highest BCUT2D eigenvalue weighted by Crippen LogP contribution is 2.07. The van der Waals surface area contributed by atoms with Crippen LogP contribution < -0.4 is 0 Å². The van der Waals surface area contributed by atoms with Crippen LogP contribution >= 0.6 is 0 Å². The summed E-state index contributed by atoms with van der Waals surface area (Å²) in [6.07, 6.45) is 5.61. The van der Waals surface area contributed by atoms with Gasteiger partial charge in [-0.25, -0.2) is 4.98 Å². The van der Waals surface area contributed by atoms with Crippen molar-refractivity contribution in [2.24, 2.45) is 0 Å². The van der Waals surface area contributed by atoms with Crippen molar-refractivity contribution in [3.8, 4) is 0 Å². The molecule has 0 aliphatic carbocycles. The van der Waals surface area contributed by atoms with Gasteiger partial charge in [-0.1, -0.05) is 24.3 Å². The minimum absolute atomic E-state index is 0.375. The predicted molar refractivity (Wildman–Crippen MR) is 65.7 cm³/mol. The first-order chi connectivity index (χ1) is 8.40. The fraction of sp³-hybridized carbons (Fsp3) is 0. The number of rotatable bonds is 1. The van der Waals surface area contributed by atoms with E-state index in [0.29, 0.717) is 12.1 Å². The van der Waals surface area contributed by atoms with E-state index < -0.39 is 0 Å². The van der Waals surface area contributed by atoms with Gasteiger partial charge in [0.05, 0.1) is 5.52 Å². The normalized spacial score (nSPS) is 9.41. The lowest BCUT2D eigenvalue weighted by molar-refractivity contribution is 0.111. The van der Waals surface area contributed by atoms with Gasteiger partial charge < -0.3 is 4.98 Å². The van der Waals surface area contributed by atoms with Crippen LogP contribution in [0.25, 0.3) is 10.9 Å². The molecule has 2 aromatic heterocycles. The third-order valence-corrected chi connectivity index (χ3v) is 2.14. The molecule has 0 unspecified atom stereocenters. The van der Waals surface area contributed by atoms with Gasteiger partial charge in [0.25, 0.3) is 0 Å². The maximum atomic E-state index is 9.77. The van der Waals surface area contributed by atoms with Crippen molar-refractivity contribution >= 4 is 17.2 Å². The van der Waals surface area contributed by atoms with Gasteiger partial charge in [-0.2, -0.15) is 0 Å². The molecule has 0 aliphatic rings.